The Hall–Kier alpha value is -3.10. The zero-order valence-corrected chi connectivity index (χ0v) is 18.2. The van der Waals surface area contributed by atoms with Crippen LogP contribution in [-0.4, -0.2) is 20.3 Å². The first-order chi connectivity index (χ1) is 14.6. The zero-order valence-electron chi connectivity index (χ0n) is 16.5. The van der Waals surface area contributed by atoms with Gasteiger partial charge in [-0.25, -0.2) is 9.67 Å². The van der Waals surface area contributed by atoms with E-state index < -0.39 is 0 Å². The summed E-state index contributed by atoms with van der Waals surface area (Å²) in [5.41, 5.74) is 4.76. The van der Waals surface area contributed by atoms with Gasteiger partial charge in [0.25, 0.3) is 11.5 Å². The van der Waals surface area contributed by atoms with Crippen LogP contribution >= 0.6 is 23.1 Å². The highest BCUT2D eigenvalue weighted by atomic mass is 32.2. The zero-order chi connectivity index (χ0) is 21.1. The number of hydrogen-bond donors (Lipinski definition) is 1. The summed E-state index contributed by atoms with van der Waals surface area (Å²) in [4.78, 5) is 31.3. The molecule has 152 valence electrons. The first kappa shape index (κ1) is 20.2. The molecule has 1 amide bonds. The second-order valence-electron chi connectivity index (χ2n) is 6.66. The van der Waals surface area contributed by atoms with Gasteiger partial charge >= 0.3 is 0 Å². The van der Waals surface area contributed by atoms with E-state index in [4.69, 9.17) is 0 Å². The molecule has 8 heteroatoms. The number of amides is 1. The maximum atomic E-state index is 13.1. The molecule has 0 saturated heterocycles. The average molecular weight is 437 g/mol. The van der Waals surface area contributed by atoms with Gasteiger partial charge in [-0.1, -0.05) is 30.3 Å². The summed E-state index contributed by atoms with van der Waals surface area (Å²) >= 11 is 3.10. The molecule has 6 nitrogen and oxygen atoms in total. The van der Waals surface area contributed by atoms with Gasteiger partial charge in [-0.2, -0.15) is 0 Å². The molecule has 4 rings (SSSR count). The normalized spacial score (nSPS) is 10.9. The molecule has 1 N–H and O–H groups in total. The predicted molar refractivity (Wildman–Crippen MR) is 122 cm³/mol. The molecule has 30 heavy (non-hydrogen) atoms. The lowest BCUT2D eigenvalue weighted by atomic mass is 10.2. The Labute approximate surface area is 182 Å². The van der Waals surface area contributed by atoms with E-state index >= 15 is 0 Å². The lowest BCUT2D eigenvalue weighted by Gasteiger charge is -2.09. The number of aromatic nitrogens is 3. The van der Waals surface area contributed by atoms with Gasteiger partial charge < -0.3 is 5.32 Å². The predicted octanol–water partition coefficient (Wildman–Crippen LogP) is 4.49. The van der Waals surface area contributed by atoms with Gasteiger partial charge in [-0.05, 0) is 31.2 Å². The fourth-order valence-electron chi connectivity index (χ4n) is 3.13. The minimum Gasteiger partial charge on any atom is -0.316 e. The van der Waals surface area contributed by atoms with Crippen LogP contribution in [0.1, 0.15) is 21.7 Å². The van der Waals surface area contributed by atoms with Crippen molar-refractivity contribution in [2.45, 2.75) is 17.6 Å². The van der Waals surface area contributed by atoms with E-state index in [1.165, 1.54) is 0 Å². The summed E-state index contributed by atoms with van der Waals surface area (Å²) < 4.78 is 3.30. The lowest BCUT2D eigenvalue weighted by Crippen LogP contribution is -2.23. The third-order valence-corrected chi connectivity index (χ3v) is 6.53. The fourth-order valence-corrected chi connectivity index (χ4v) is 4.75. The Kier molecular flexibility index (Phi) is 5.87. The maximum Gasteiger partial charge on any atom is 0.295 e. The van der Waals surface area contributed by atoms with E-state index in [1.807, 2.05) is 60.8 Å². The van der Waals surface area contributed by atoms with Crippen LogP contribution in [0.5, 0.6) is 0 Å². The Balaban J connectivity index is 1.62. The number of thioether (sulfide) groups is 1. The molecule has 2 aromatic heterocycles. The first-order valence-electron chi connectivity index (χ1n) is 9.30. The van der Waals surface area contributed by atoms with Crippen molar-refractivity contribution in [2.75, 3.05) is 5.32 Å². The van der Waals surface area contributed by atoms with Crippen molar-refractivity contribution in [2.24, 2.45) is 7.05 Å². The number of hydrogen-bond acceptors (Lipinski definition) is 5. The number of carbonyl (C=O) groups is 1. The highest BCUT2D eigenvalue weighted by Crippen LogP contribution is 2.27. The van der Waals surface area contributed by atoms with E-state index in [0.717, 1.165) is 16.3 Å². The largest absolute Gasteiger partial charge is 0.316 e. The van der Waals surface area contributed by atoms with Crippen molar-refractivity contribution in [3.8, 4) is 5.69 Å². The molecule has 0 fully saturated rings. The van der Waals surface area contributed by atoms with Gasteiger partial charge in [0, 0.05) is 23.1 Å². The molecule has 0 unspecified atom stereocenters. The molecule has 0 spiro atoms. The number of rotatable bonds is 6. The Morgan fingerprint density at radius 3 is 2.60 bits per heavy atom. The van der Waals surface area contributed by atoms with Gasteiger partial charge in [0.1, 0.15) is 5.69 Å². The van der Waals surface area contributed by atoms with E-state index in [0.29, 0.717) is 17.0 Å². The van der Waals surface area contributed by atoms with Gasteiger partial charge in [0.15, 0.2) is 0 Å². The van der Waals surface area contributed by atoms with Gasteiger partial charge in [0.2, 0.25) is 0 Å². The van der Waals surface area contributed by atoms with Gasteiger partial charge in [-0.15, -0.1) is 23.1 Å². The summed E-state index contributed by atoms with van der Waals surface area (Å²) in [6, 6.07) is 16.8. The summed E-state index contributed by atoms with van der Waals surface area (Å²) in [6.07, 6.45) is 0. The van der Waals surface area contributed by atoms with Crippen LogP contribution in [-0.2, 0) is 12.8 Å². The molecule has 0 aliphatic heterocycles. The van der Waals surface area contributed by atoms with Crippen LogP contribution in [0.4, 0.5) is 5.69 Å². The summed E-state index contributed by atoms with van der Waals surface area (Å²) in [5.74, 6) is 0.376. The van der Waals surface area contributed by atoms with Crippen molar-refractivity contribution in [1.82, 2.24) is 14.3 Å². The summed E-state index contributed by atoms with van der Waals surface area (Å²) in [5, 5.41) is 4.83. The number of thiazole rings is 1. The third-order valence-electron chi connectivity index (χ3n) is 4.78. The van der Waals surface area contributed by atoms with Gasteiger partial charge in [-0.3, -0.25) is 14.3 Å². The minimum atomic E-state index is -0.303. The SMILES string of the molecule is Cc1c(NC(=O)c2ccccc2SCc2cscn2)c(=O)n(-c2ccccc2)n1C. The second-order valence-corrected chi connectivity index (χ2v) is 8.39. The topological polar surface area (TPSA) is 68.9 Å². The quantitative estimate of drug-likeness (QED) is 0.452. The molecular weight excluding hydrogens is 416 g/mol. The number of benzene rings is 2. The Morgan fingerprint density at radius 2 is 1.87 bits per heavy atom. The molecule has 2 heterocycles. The van der Waals surface area contributed by atoms with Crippen molar-refractivity contribution in [3.63, 3.8) is 0 Å². The molecule has 0 aliphatic rings. The fraction of sp³-hybridized carbons (Fsp3) is 0.136. The van der Waals surface area contributed by atoms with Crippen molar-refractivity contribution in [3.05, 3.63) is 92.8 Å². The summed E-state index contributed by atoms with van der Waals surface area (Å²) in [6.45, 7) is 1.82. The highest BCUT2D eigenvalue weighted by molar-refractivity contribution is 7.98. The Morgan fingerprint density at radius 1 is 1.13 bits per heavy atom. The van der Waals surface area contributed by atoms with E-state index in [1.54, 1.807) is 51.1 Å². The lowest BCUT2D eigenvalue weighted by molar-refractivity contribution is 0.102. The number of para-hydroxylation sites is 1. The number of nitrogens with one attached hydrogen (secondary N) is 1. The van der Waals surface area contributed by atoms with E-state index in [2.05, 4.69) is 10.3 Å². The summed E-state index contributed by atoms with van der Waals surface area (Å²) in [7, 11) is 1.80. The van der Waals surface area contributed by atoms with E-state index in [9.17, 15) is 9.59 Å². The van der Waals surface area contributed by atoms with E-state index in [-0.39, 0.29) is 17.2 Å². The second kappa shape index (κ2) is 8.73. The first-order valence-corrected chi connectivity index (χ1v) is 11.2. The number of nitrogens with zero attached hydrogens (tertiary/aromatic N) is 3. The molecule has 0 saturated carbocycles. The van der Waals surface area contributed by atoms with Crippen LogP contribution in [0.15, 0.2) is 75.2 Å². The number of carbonyl (C=O) groups excluding carboxylic acids is 1. The van der Waals surface area contributed by atoms with Crippen molar-refractivity contribution >= 4 is 34.7 Å². The van der Waals surface area contributed by atoms with Crippen molar-refractivity contribution in [1.29, 1.82) is 0 Å². The standard InChI is InChI=1S/C22H20N4O2S2/c1-15-20(22(28)26(25(15)2)17-8-4-3-5-9-17)24-21(27)18-10-6-7-11-19(18)30-13-16-12-29-14-23-16/h3-12,14H,13H2,1-2H3,(H,24,27). The average Bonchev–Trinajstić information content (AvgIpc) is 3.36. The van der Waals surface area contributed by atoms with Crippen LogP contribution in [0.2, 0.25) is 0 Å². The van der Waals surface area contributed by atoms with Gasteiger partial charge in [0.05, 0.1) is 28.1 Å². The molecular formula is C22H20N4O2S2. The maximum absolute atomic E-state index is 13.1. The third kappa shape index (κ3) is 3.96. The molecule has 0 radical (unpaired) electrons. The van der Waals surface area contributed by atoms with Crippen LogP contribution in [0.25, 0.3) is 5.69 Å². The van der Waals surface area contributed by atoms with Crippen LogP contribution in [0.3, 0.4) is 0 Å². The minimum absolute atomic E-state index is 0.262. The monoisotopic (exact) mass is 436 g/mol. The number of anilines is 1. The molecule has 0 bridgehead atoms. The molecule has 4 aromatic rings. The van der Waals surface area contributed by atoms with Crippen LogP contribution in [0, 0.1) is 6.92 Å². The molecule has 0 atom stereocenters. The smallest absolute Gasteiger partial charge is 0.295 e. The Bertz CT molecular complexity index is 1230. The molecule has 0 aliphatic carbocycles. The van der Waals surface area contributed by atoms with Crippen LogP contribution < -0.4 is 10.9 Å². The van der Waals surface area contributed by atoms with Crippen molar-refractivity contribution < 1.29 is 4.79 Å². The molecule has 2 aromatic carbocycles. The highest BCUT2D eigenvalue weighted by Gasteiger charge is 2.20.